The van der Waals surface area contributed by atoms with Crippen LogP contribution in [-0.2, 0) is 10.8 Å². The largest absolute Gasteiger partial charge is 0.398 e. The number of nitro benzene ring substituents is 1. The van der Waals surface area contributed by atoms with E-state index in [9.17, 15) is 10.1 Å². The van der Waals surface area contributed by atoms with Crippen molar-refractivity contribution < 1.29 is 4.92 Å². The van der Waals surface area contributed by atoms with Crippen molar-refractivity contribution in [1.82, 2.24) is 0 Å². The Morgan fingerprint density at radius 1 is 0.786 bits per heavy atom. The molecule has 4 aromatic carbocycles. The van der Waals surface area contributed by atoms with Crippen LogP contribution in [0.25, 0.3) is 32.3 Å². The van der Waals surface area contributed by atoms with E-state index >= 15 is 0 Å². The summed E-state index contributed by atoms with van der Waals surface area (Å²) in [4.78, 5) is 11.8. The van der Waals surface area contributed by atoms with E-state index < -0.39 is 0 Å². The van der Waals surface area contributed by atoms with Crippen molar-refractivity contribution in [2.24, 2.45) is 0 Å². The lowest BCUT2D eigenvalue weighted by Gasteiger charge is -2.25. The number of nitrogen functional groups attached to an aromatic ring is 1. The molecule has 0 unspecified atom stereocenters. The Morgan fingerprint density at radius 3 is 1.75 bits per heavy atom. The minimum Gasteiger partial charge on any atom is -0.398 e. The predicted octanol–water partition coefficient (Wildman–Crippen LogP) is 6.67. The van der Waals surface area contributed by atoms with E-state index in [-0.39, 0.29) is 21.4 Å². The highest BCUT2D eigenvalue weighted by molar-refractivity contribution is 6.27. The molecule has 0 fully saturated rings. The Hall–Kier alpha value is -2.88. The fourth-order valence-electron chi connectivity index (χ4n) is 4.35. The summed E-state index contributed by atoms with van der Waals surface area (Å²) in [5.41, 5.74) is 8.99. The fourth-order valence-corrected chi connectivity index (χ4v) is 4.35. The van der Waals surface area contributed by atoms with Gasteiger partial charge in [-0.3, -0.25) is 10.1 Å². The smallest absolute Gasteiger partial charge is 0.280 e. The van der Waals surface area contributed by atoms with Crippen molar-refractivity contribution in [2.75, 3.05) is 5.73 Å². The summed E-state index contributed by atoms with van der Waals surface area (Å²) in [6.45, 7) is 12.5. The second-order valence-electron chi connectivity index (χ2n) is 9.79. The average molecular weight is 374 g/mol. The predicted molar refractivity (Wildman–Crippen MR) is 119 cm³/mol. The first-order chi connectivity index (χ1) is 12.9. The molecule has 28 heavy (non-hydrogen) atoms. The Kier molecular flexibility index (Phi) is 3.68. The number of nitro groups is 1. The SMILES string of the molecule is CC(C)(C)c1cc2ccc3cc(C(C)(C)C)c([N+](=O)[O-])c4ccc(c1N)c2c34. The van der Waals surface area contributed by atoms with Crippen molar-refractivity contribution in [2.45, 2.75) is 52.4 Å². The number of benzene rings is 4. The van der Waals surface area contributed by atoms with Crippen LogP contribution in [0.1, 0.15) is 52.7 Å². The Balaban J connectivity index is 2.27. The topological polar surface area (TPSA) is 69.2 Å². The minimum absolute atomic E-state index is 0.0834. The molecule has 0 aliphatic heterocycles. The molecule has 0 saturated heterocycles. The van der Waals surface area contributed by atoms with Gasteiger partial charge >= 0.3 is 0 Å². The third-order valence-corrected chi connectivity index (χ3v) is 5.71. The zero-order chi connectivity index (χ0) is 20.6. The van der Waals surface area contributed by atoms with E-state index in [0.29, 0.717) is 5.39 Å². The third kappa shape index (κ3) is 2.51. The van der Waals surface area contributed by atoms with Gasteiger partial charge in [0.15, 0.2) is 0 Å². The van der Waals surface area contributed by atoms with Gasteiger partial charge in [-0.1, -0.05) is 59.7 Å². The van der Waals surface area contributed by atoms with Gasteiger partial charge in [0, 0.05) is 22.0 Å². The molecule has 0 radical (unpaired) electrons. The maximum atomic E-state index is 12.0. The summed E-state index contributed by atoms with van der Waals surface area (Å²) in [5.74, 6) is 0. The van der Waals surface area contributed by atoms with E-state index in [1.807, 2.05) is 39.0 Å². The zero-order valence-electron chi connectivity index (χ0n) is 17.3. The van der Waals surface area contributed by atoms with Crippen LogP contribution in [0.15, 0.2) is 36.4 Å². The Bertz CT molecular complexity index is 1260. The first-order valence-electron chi connectivity index (χ1n) is 9.60. The minimum atomic E-state index is -0.328. The van der Waals surface area contributed by atoms with Crippen LogP contribution < -0.4 is 5.73 Å². The molecule has 0 heterocycles. The van der Waals surface area contributed by atoms with Crippen LogP contribution in [0.2, 0.25) is 0 Å². The normalized spacial score (nSPS) is 13.1. The number of nitrogens with two attached hydrogens (primary N) is 1. The second-order valence-corrected chi connectivity index (χ2v) is 9.79. The molecule has 0 aromatic heterocycles. The van der Waals surface area contributed by atoms with Crippen LogP contribution in [0.5, 0.6) is 0 Å². The summed E-state index contributed by atoms with van der Waals surface area (Å²) in [6.07, 6.45) is 0. The van der Waals surface area contributed by atoms with Crippen LogP contribution in [0, 0.1) is 10.1 Å². The lowest BCUT2D eigenvalue weighted by molar-refractivity contribution is -0.384. The molecule has 2 N–H and O–H groups in total. The first kappa shape index (κ1) is 18.5. The number of hydrogen-bond donors (Lipinski definition) is 1. The van der Waals surface area contributed by atoms with E-state index in [0.717, 1.165) is 43.7 Å². The summed E-state index contributed by atoms with van der Waals surface area (Å²) in [6, 6.07) is 12.1. The van der Waals surface area contributed by atoms with Gasteiger partial charge in [-0.2, -0.15) is 0 Å². The average Bonchev–Trinajstić information content (AvgIpc) is 2.58. The number of nitrogens with zero attached hydrogens (tertiary/aromatic N) is 1. The molecule has 4 rings (SSSR count). The third-order valence-electron chi connectivity index (χ3n) is 5.71. The number of hydrogen-bond acceptors (Lipinski definition) is 3. The second kappa shape index (κ2) is 5.57. The number of rotatable bonds is 1. The Morgan fingerprint density at radius 2 is 1.25 bits per heavy atom. The monoisotopic (exact) mass is 374 g/mol. The molecule has 0 aliphatic rings. The molecule has 144 valence electrons. The fraction of sp³-hybridized carbons (Fsp3) is 0.333. The van der Waals surface area contributed by atoms with Crippen molar-refractivity contribution in [1.29, 1.82) is 0 Å². The molecule has 0 spiro atoms. The molecule has 0 bridgehead atoms. The molecular formula is C24H26N2O2. The highest BCUT2D eigenvalue weighted by Crippen LogP contribution is 2.46. The molecule has 0 saturated carbocycles. The highest BCUT2D eigenvalue weighted by Gasteiger charge is 2.30. The molecule has 4 heteroatoms. The van der Waals surface area contributed by atoms with Crippen molar-refractivity contribution in [3.05, 3.63) is 57.6 Å². The standard InChI is InChI=1S/C24H26N2O2/c1-23(2,3)17-11-13-7-8-14-12-18(24(4,5)6)22(26(27)28)16-10-9-15(21(17)25)19(13)20(14)16/h7-12H,25H2,1-6H3. The van der Waals surface area contributed by atoms with E-state index in [4.69, 9.17) is 5.73 Å². The summed E-state index contributed by atoms with van der Waals surface area (Å²) in [7, 11) is 0. The lowest BCUT2D eigenvalue weighted by Crippen LogP contribution is -2.15. The van der Waals surface area contributed by atoms with Gasteiger partial charge < -0.3 is 5.73 Å². The van der Waals surface area contributed by atoms with Gasteiger partial charge in [0.1, 0.15) is 0 Å². The lowest BCUT2D eigenvalue weighted by atomic mass is 9.79. The quantitative estimate of drug-likeness (QED) is 0.175. The van der Waals surface area contributed by atoms with Gasteiger partial charge in [-0.15, -0.1) is 0 Å². The van der Waals surface area contributed by atoms with Gasteiger partial charge in [0.05, 0.1) is 10.3 Å². The molecular weight excluding hydrogens is 348 g/mol. The van der Waals surface area contributed by atoms with Crippen molar-refractivity contribution in [3.8, 4) is 0 Å². The van der Waals surface area contributed by atoms with Crippen LogP contribution in [0.3, 0.4) is 0 Å². The summed E-state index contributed by atoms with van der Waals surface area (Å²) in [5, 5.41) is 17.8. The maximum Gasteiger partial charge on any atom is 0.280 e. The van der Waals surface area contributed by atoms with Gasteiger partial charge in [0.25, 0.3) is 5.69 Å². The van der Waals surface area contributed by atoms with Crippen LogP contribution in [0.4, 0.5) is 11.4 Å². The van der Waals surface area contributed by atoms with Gasteiger partial charge in [-0.05, 0) is 50.8 Å². The zero-order valence-corrected chi connectivity index (χ0v) is 17.3. The molecule has 4 nitrogen and oxygen atoms in total. The molecule has 0 amide bonds. The number of anilines is 1. The van der Waals surface area contributed by atoms with Crippen LogP contribution >= 0.6 is 0 Å². The van der Waals surface area contributed by atoms with E-state index in [1.54, 1.807) is 0 Å². The van der Waals surface area contributed by atoms with Crippen molar-refractivity contribution in [3.63, 3.8) is 0 Å². The molecule has 0 aliphatic carbocycles. The van der Waals surface area contributed by atoms with Crippen LogP contribution in [-0.4, -0.2) is 4.92 Å². The van der Waals surface area contributed by atoms with E-state index in [1.165, 1.54) is 0 Å². The first-order valence-corrected chi connectivity index (χ1v) is 9.60. The Labute approximate surface area is 164 Å². The highest BCUT2D eigenvalue weighted by atomic mass is 16.6. The van der Waals surface area contributed by atoms with Gasteiger partial charge in [-0.25, -0.2) is 0 Å². The van der Waals surface area contributed by atoms with E-state index in [2.05, 4.69) is 39.0 Å². The molecule has 4 aromatic rings. The maximum absolute atomic E-state index is 12.0. The van der Waals surface area contributed by atoms with Crippen molar-refractivity contribution >= 4 is 43.7 Å². The summed E-state index contributed by atoms with van der Waals surface area (Å²) < 4.78 is 0. The summed E-state index contributed by atoms with van der Waals surface area (Å²) >= 11 is 0. The van der Waals surface area contributed by atoms with Gasteiger partial charge in [0.2, 0.25) is 0 Å². The molecule has 0 atom stereocenters.